The van der Waals surface area contributed by atoms with Gasteiger partial charge in [-0.3, -0.25) is 0 Å². The highest BCUT2D eigenvalue weighted by atomic mass is 19.4. The molecule has 5 nitrogen and oxygen atoms in total. The van der Waals surface area contributed by atoms with Crippen LogP contribution in [0.25, 0.3) is 5.52 Å². The molecule has 2 aromatic heterocycles. The number of hydrogen-bond acceptors (Lipinski definition) is 4. The van der Waals surface area contributed by atoms with Crippen LogP contribution in [0.4, 0.5) is 19.0 Å². The Bertz CT molecular complexity index is 592. The quantitative estimate of drug-likeness (QED) is 0.931. The zero-order valence-electron chi connectivity index (χ0n) is 11.2. The van der Waals surface area contributed by atoms with Gasteiger partial charge in [0, 0.05) is 32.1 Å². The number of nitrogens with zero attached hydrogens (tertiary/aromatic N) is 4. The third kappa shape index (κ3) is 2.84. The van der Waals surface area contributed by atoms with E-state index in [0.29, 0.717) is 24.4 Å². The Morgan fingerprint density at radius 2 is 2.15 bits per heavy atom. The maximum absolute atomic E-state index is 12.7. The molecule has 0 amide bonds. The molecule has 1 atom stereocenters. The number of fused-ring (bicyclic) bond motifs is 1. The summed E-state index contributed by atoms with van der Waals surface area (Å²) in [5.41, 5.74) is 4.96. The summed E-state index contributed by atoms with van der Waals surface area (Å²) in [5.74, 6) is 0.669. The number of anilines is 1. The molecule has 0 spiro atoms. The van der Waals surface area contributed by atoms with Crippen LogP contribution >= 0.6 is 0 Å². The minimum absolute atomic E-state index is 0.215. The average Bonchev–Trinajstić information content (AvgIpc) is 2.81. The van der Waals surface area contributed by atoms with Crippen LogP contribution in [-0.4, -0.2) is 34.7 Å². The summed E-state index contributed by atoms with van der Waals surface area (Å²) in [5, 5.41) is 3.53. The molecule has 8 heteroatoms. The van der Waals surface area contributed by atoms with Gasteiger partial charge in [0.05, 0.1) is 0 Å². The lowest BCUT2D eigenvalue weighted by Crippen LogP contribution is -2.29. The summed E-state index contributed by atoms with van der Waals surface area (Å²) in [6.45, 7) is 3.07. The van der Waals surface area contributed by atoms with Crippen molar-refractivity contribution in [2.24, 2.45) is 11.7 Å². The fourth-order valence-corrected chi connectivity index (χ4v) is 1.97. The Balaban J connectivity index is 2.41. The van der Waals surface area contributed by atoms with Crippen molar-refractivity contribution in [3.8, 4) is 0 Å². The van der Waals surface area contributed by atoms with E-state index in [1.807, 2.05) is 6.92 Å². The van der Waals surface area contributed by atoms with E-state index in [1.54, 1.807) is 11.9 Å². The molecule has 2 heterocycles. The number of hydrogen-bond donors (Lipinski definition) is 1. The molecule has 0 aliphatic rings. The molecule has 110 valence electrons. The number of rotatable bonds is 4. The Morgan fingerprint density at radius 1 is 1.45 bits per heavy atom. The van der Waals surface area contributed by atoms with Crippen LogP contribution in [0.5, 0.6) is 0 Å². The summed E-state index contributed by atoms with van der Waals surface area (Å²) in [6, 6.07) is 1.01. The van der Waals surface area contributed by atoms with Crippen molar-refractivity contribution in [2.45, 2.75) is 13.1 Å². The van der Waals surface area contributed by atoms with Gasteiger partial charge in [0.25, 0.3) is 0 Å². The van der Waals surface area contributed by atoms with Crippen LogP contribution in [0.15, 0.2) is 18.5 Å². The second kappa shape index (κ2) is 5.28. The van der Waals surface area contributed by atoms with Crippen molar-refractivity contribution in [2.75, 3.05) is 25.0 Å². The molecule has 1 unspecified atom stereocenters. The number of nitrogens with two attached hydrogens (primary N) is 1. The molecule has 0 saturated carbocycles. The predicted octanol–water partition coefficient (Wildman–Crippen LogP) is 1.78. The van der Waals surface area contributed by atoms with Gasteiger partial charge in [-0.05, 0) is 12.5 Å². The zero-order valence-corrected chi connectivity index (χ0v) is 11.2. The van der Waals surface area contributed by atoms with E-state index < -0.39 is 11.9 Å². The first kappa shape index (κ1) is 14.6. The SMILES string of the molecule is CC(CN)CN(C)c1nccn2nc(C(F)(F)F)cc12. The van der Waals surface area contributed by atoms with E-state index in [1.165, 1.54) is 16.9 Å². The van der Waals surface area contributed by atoms with Crippen LogP contribution in [-0.2, 0) is 6.18 Å². The molecule has 0 bridgehead atoms. The van der Waals surface area contributed by atoms with Gasteiger partial charge in [0.15, 0.2) is 11.5 Å². The monoisotopic (exact) mass is 287 g/mol. The van der Waals surface area contributed by atoms with Gasteiger partial charge >= 0.3 is 6.18 Å². The van der Waals surface area contributed by atoms with Gasteiger partial charge in [0.2, 0.25) is 0 Å². The van der Waals surface area contributed by atoms with Crippen molar-refractivity contribution in [3.05, 3.63) is 24.2 Å². The minimum Gasteiger partial charge on any atom is -0.358 e. The van der Waals surface area contributed by atoms with E-state index in [0.717, 1.165) is 6.07 Å². The van der Waals surface area contributed by atoms with E-state index in [-0.39, 0.29) is 5.92 Å². The average molecular weight is 287 g/mol. The van der Waals surface area contributed by atoms with Crippen molar-refractivity contribution in [1.82, 2.24) is 14.6 Å². The maximum atomic E-state index is 12.7. The number of alkyl halides is 3. The molecule has 0 aliphatic carbocycles. The molecule has 0 aromatic carbocycles. The summed E-state index contributed by atoms with van der Waals surface area (Å²) in [7, 11) is 1.77. The Morgan fingerprint density at radius 3 is 2.75 bits per heavy atom. The van der Waals surface area contributed by atoms with Crippen molar-refractivity contribution >= 4 is 11.3 Å². The third-order valence-electron chi connectivity index (χ3n) is 3.01. The highest BCUT2D eigenvalue weighted by molar-refractivity contribution is 5.69. The standard InChI is InChI=1S/C12H16F3N5/c1-8(6-16)7-19(2)11-9-5-10(12(13,14)15)18-20(9)4-3-17-11/h3-5,8H,6-7,16H2,1-2H3. The first-order valence-corrected chi connectivity index (χ1v) is 6.15. The molecule has 0 fully saturated rings. The Kier molecular flexibility index (Phi) is 3.85. The summed E-state index contributed by atoms with van der Waals surface area (Å²) < 4.78 is 39.3. The first-order chi connectivity index (χ1) is 9.32. The molecular weight excluding hydrogens is 271 g/mol. The number of aromatic nitrogens is 3. The lowest BCUT2D eigenvalue weighted by Gasteiger charge is -2.22. The maximum Gasteiger partial charge on any atom is 0.435 e. The fourth-order valence-electron chi connectivity index (χ4n) is 1.97. The molecule has 2 rings (SSSR count). The van der Waals surface area contributed by atoms with E-state index in [4.69, 9.17) is 5.73 Å². The topological polar surface area (TPSA) is 59.5 Å². The normalized spacial score (nSPS) is 13.7. The van der Waals surface area contributed by atoms with Crippen LogP contribution in [0.2, 0.25) is 0 Å². The first-order valence-electron chi connectivity index (χ1n) is 6.15. The smallest absolute Gasteiger partial charge is 0.358 e. The molecule has 0 saturated heterocycles. The molecule has 0 aliphatic heterocycles. The Hall–Kier alpha value is -1.83. The van der Waals surface area contributed by atoms with Gasteiger partial charge in [-0.15, -0.1) is 0 Å². The van der Waals surface area contributed by atoms with Crippen LogP contribution in [0.3, 0.4) is 0 Å². The summed E-state index contributed by atoms with van der Waals surface area (Å²) >= 11 is 0. The lowest BCUT2D eigenvalue weighted by atomic mass is 10.2. The van der Waals surface area contributed by atoms with E-state index in [2.05, 4.69) is 10.1 Å². The van der Waals surface area contributed by atoms with Crippen LogP contribution < -0.4 is 10.6 Å². The molecular formula is C12H16F3N5. The Labute approximate surface area is 114 Å². The number of halogens is 3. The predicted molar refractivity (Wildman–Crippen MR) is 69.5 cm³/mol. The van der Waals surface area contributed by atoms with Crippen molar-refractivity contribution in [3.63, 3.8) is 0 Å². The van der Waals surface area contributed by atoms with Crippen molar-refractivity contribution in [1.29, 1.82) is 0 Å². The highest BCUT2D eigenvalue weighted by Crippen LogP contribution is 2.30. The lowest BCUT2D eigenvalue weighted by molar-refractivity contribution is -0.141. The fraction of sp³-hybridized carbons (Fsp3) is 0.500. The van der Waals surface area contributed by atoms with Crippen LogP contribution in [0, 0.1) is 5.92 Å². The van der Waals surface area contributed by atoms with Gasteiger partial charge in [-0.2, -0.15) is 18.3 Å². The van der Waals surface area contributed by atoms with E-state index in [9.17, 15) is 13.2 Å². The van der Waals surface area contributed by atoms with Gasteiger partial charge in [0.1, 0.15) is 5.52 Å². The minimum atomic E-state index is -4.47. The van der Waals surface area contributed by atoms with Gasteiger partial charge in [-0.25, -0.2) is 9.50 Å². The second-order valence-corrected chi connectivity index (χ2v) is 4.83. The third-order valence-corrected chi connectivity index (χ3v) is 3.01. The second-order valence-electron chi connectivity index (χ2n) is 4.83. The van der Waals surface area contributed by atoms with Gasteiger partial charge < -0.3 is 10.6 Å². The van der Waals surface area contributed by atoms with E-state index >= 15 is 0 Å². The van der Waals surface area contributed by atoms with Crippen LogP contribution in [0.1, 0.15) is 12.6 Å². The van der Waals surface area contributed by atoms with Gasteiger partial charge in [-0.1, -0.05) is 6.92 Å². The zero-order chi connectivity index (χ0) is 14.9. The molecule has 0 radical (unpaired) electrons. The summed E-state index contributed by atoms with van der Waals surface area (Å²) in [6.07, 6.45) is -1.64. The molecule has 20 heavy (non-hydrogen) atoms. The molecule has 2 N–H and O–H groups in total. The van der Waals surface area contributed by atoms with Crippen molar-refractivity contribution < 1.29 is 13.2 Å². The largest absolute Gasteiger partial charge is 0.435 e. The highest BCUT2D eigenvalue weighted by Gasteiger charge is 2.34. The molecule has 2 aromatic rings. The summed E-state index contributed by atoms with van der Waals surface area (Å²) in [4.78, 5) is 5.93.